The first-order valence-corrected chi connectivity index (χ1v) is 6.25. The Bertz CT molecular complexity index is 563. The molecule has 1 N–H and O–H groups in total. The van der Waals surface area contributed by atoms with Crippen LogP contribution in [0.2, 0.25) is 0 Å². The predicted molar refractivity (Wildman–Crippen MR) is 67.3 cm³/mol. The average Bonchev–Trinajstić information content (AvgIpc) is 2.32. The lowest BCUT2D eigenvalue weighted by atomic mass is 10.3. The molecule has 0 spiro atoms. The summed E-state index contributed by atoms with van der Waals surface area (Å²) in [5.74, 6) is -0.964. The number of pyridine rings is 2. The number of hydrogen-bond acceptors (Lipinski definition) is 4. The highest BCUT2D eigenvalue weighted by atomic mass is 79.9. The highest BCUT2D eigenvalue weighted by Gasteiger charge is 2.07. The van der Waals surface area contributed by atoms with Crippen LogP contribution in [0.5, 0.6) is 0 Å². The van der Waals surface area contributed by atoms with Crippen molar-refractivity contribution < 1.29 is 9.90 Å². The van der Waals surface area contributed by atoms with Crippen LogP contribution in [0.25, 0.3) is 0 Å². The van der Waals surface area contributed by atoms with Crippen LogP contribution in [0.15, 0.2) is 51.2 Å². The molecular weight excluding hydrogens is 304 g/mol. The maximum absolute atomic E-state index is 10.8. The van der Waals surface area contributed by atoms with Gasteiger partial charge in [0.1, 0.15) is 10.1 Å². The van der Waals surface area contributed by atoms with E-state index < -0.39 is 5.97 Å². The van der Waals surface area contributed by atoms with E-state index in [1.807, 2.05) is 12.1 Å². The van der Waals surface area contributed by atoms with Crippen molar-refractivity contribution in [2.24, 2.45) is 0 Å². The van der Waals surface area contributed by atoms with Gasteiger partial charge in [0, 0.05) is 12.4 Å². The van der Waals surface area contributed by atoms with Crippen LogP contribution in [0.4, 0.5) is 0 Å². The van der Waals surface area contributed by atoms with Crippen LogP contribution >= 0.6 is 27.7 Å². The lowest BCUT2D eigenvalue weighted by molar-refractivity contribution is 0.0696. The molecule has 2 heterocycles. The quantitative estimate of drug-likeness (QED) is 0.944. The summed E-state index contributed by atoms with van der Waals surface area (Å²) in [5.41, 5.74) is 0.217. The number of aromatic carboxylic acids is 1. The number of hydrogen-bond donors (Lipinski definition) is 1. The third-order valence-electron chi connectivity index (χ3n) is 1.91. The lowest BCUT2D eigenvalue weighted by Crippen LogP contribution is -1.96. The van der Waals surface area contributed by atoms with Gasteiger partial charge in [-0.1, -0.05) is 0 Å². The van der Waals surface area contributed by atoms with Gasteiger partial charge in [0.2, 0.25) is 0 Å². The Morgan fingerprint density at radius 3 is 2.82 bits per heavy atom. The lowest BCUT2D eigenvalue weighted by Gasteiger charge is -2.02. The van der Waals surface area contributed by atoms with Gasteiger partial charge in [-0.25, -0.2) is 14.8 Å². The number of carbonyl (C=O) groups is 1. The zero-order valence-electron chi connectivity index (χ0n) is 8.50. The summed E-state index contributed by atoms with van der Waals surface area (Å²) in [7, 11) is 0. The van der Waals surface area contributed by atoms with Gasteiger partial charge in [0.15, 0.2) is 0 Å². The SMILES string of the molecule is O=C(O)c1ccnc(Sc2ncccc2Br)c1. The van der Waals surface area contributed by atoms with Crippen LogP contribution in [-0.2, 0) is 0 Å². The monoisotopic (exact) mass is 310 g/mol. The van der Waals surface area contributed by atoms with Crippen molar-refractivity contribution in [3.05, 3.63) is 46.7 Å². The molecule has 2 rings (SSSR count). The van der Waals surface area contributed by atoms with Gasteiger partial charge in [-0.2, -0.15) is 0 Å². The van der Waals surface area contributed by atoms with Crippen LogP contribution in [0.3, 0.4) is 0 Å². The van der Waals surface area contributed by atoms with E-state index in [1.54, 1.807) is 6.20 Å². The zero-order chi connectivity index (χ0) is 12.3. The van der Waals surface area contributed by atoms with Crippen molar-refractivity contribution in [1.29, 1.82) is 0 Å². The number of rotatable bonds is 3. The Kier molecular flexibility index (Phi) is 3.75. The molecule has 0 saturated carbocycles. The number of carboxylic acid groups (broad SMARTS) is 1. The first kappa shape index (κ1) is 12.1. The van der Waals surface area contributed by atoms with Gasteiger partial charge in [-0.15, -0.1) is 0 Å². The molecule has 2 aromatic rings. The highest BCUT2D eigenvalue weighted by molar-refractivity contribution is 9.10. The fourth-order valence-electron chi connectivity index (χ4n) is 1.14. The molecule has 17 heavy (non-hydrogen) atoms. The van der Waals surface area contributed by atoms with E-state index in [2.05, 4.69) is 25.9 Å². The largest absolute Gasteiger partial charge is 0.478 e. The van der Waals surface area contributed by atoms with E-state index >= 15 is 0 Å². The standard InChI is InChI=1S/C11H7BrN2O2S/c12-8-2-1-4-14-10(8)17-9-6-7(11(15)16)3-5-13-9/h1-6H,(H,15,16). The molecular formula is C11H7BrN2O2S. The Hall–Kier alpha value is -1.40. The normalized spacial score (nSPS) is 10.2. The summed E-state index contributed by atoms with van der Waals surface area (Å²) in [6, 6.07) is 6.67. The smallest absolute Gasteiger partial charge is 0.335 e. The molecule has 0 aliphatic rings. The minimum absolute atomic E-state index is 0.217. The van der Waals surface area contributed by atoms with Crippen molar-refractivity contribution in [2.75, 3.05) is 0 Å². The van der Waals surface area contributed by atoms with Crippen LogP contribution < -0.4 is 0 Å². The summed E-state index contributed by atoms with van der Waals surface area (Å²) in [6.07, 6.45) is 3.15. The Balaban J connectivity index is 2.28. The molecule has 0 amide bonds. The molecule has 0 aliphatic heterocycles. The molecule has 2 aromatic heterocycles. The van der Waals surface area contributed by atoms with E-state index in [0.717, 1.165) is 9.50 Å². The average molecular weight is 311 g/mol. The minimum Gasteiger partial charge on any atom is -0.478 e. The molecule has 0 unspecified atom stereocenters. The molecule has 0 aliphatic carbocycles. The molecule has 0 atom stereocenters. The maximum Gasteiger partial charge on any atom is 0.335 e. The highest BCUT2D eigenvalue weighted by Crippen LogP contribution is 2.30. The molecule has 0 saturated heterocycles. The molecule has 6 heteroatoms. The number of aromatic nitrogens is 2. The van der Waals surface area contributed by atoms with E-state index in [4.69, 9.17) is 5.11 Å². The van der Waals surface area contributed by atoms with Gasteiger partial charge in [-0.3, -0.25) is 0 Å². The Labute approximate surface area is 110 Å². The van der Waals surface area contributed by atoms with Crippen LogP contribution in [0, 0.1) is 0 Å². The predicted octanol–water partition coefficient (Wildman–Crippen LogP) is 3.09. The third kappa shape index (κ3) is 3.04. The van der Waals surface area contributed by atoms with Crippen LogP contribution in [0.1, 0.15) is 10.4 Å². The van der Waals surface area contributed by atoms with Gasteiger partial charge in [0.25, 0.3) is 0 Å². The summed E-state index contributed by atoms with van der Waals surface area (Å²) < 4.78 is 0.854. The molecule has 86 valence electrons. The van der Waals surface area contributed by atoms with Crippen molar-refractivity contribution in [3.8, 4) is 0 Å². The van der Waals surface area contributed by atoms with Crippen LogP contribution in [-0.4, -0.2) is 21.0 Å². The van der Waals surface area contributed by atoms with Gasteiger partial charge < -0.3 is 5.11 Å². The second kappa shape index (κ2) is 5.29. The van der Waals surface area contributed by atoms with Crippen molar-refractivity contribution >= 4 is 33.7 Å². The first-order chi connectivity index (χ1) is 8.16. The number of halogens is 1. The zero-order valence-corrected chi connectivity index (χ0v) is 10.9. The Morgan fingerprint density at radius 2 is 2.12 bits per heavy atom. The van der Waals surface area contributed by atoms with E-state index in [-0.39, 0.29) is 5.56 Å². The fourth-order valence-corrected chi connectivity index (χ4v) is 2.42. The van der Waals surface area contributed by atoms with Gasteiger partial charge in [0.05, 0.1) is 10.0 Å². The number of nitrogens with zero attached hydrogens (tertiary/aromatic N) is 2. The van der Waals surface area contributed by atoms with E-state index in [0.29, 0.717) is 5.03 Å². The maximum atomic E-state index is 10.8. The third-order valence-corrected chi connectivity index (χ3v) is 3.76. The Morgan fingerprint density at radius 1 is 1.29 bits per heavy atom. The van der Waals surface area contributed by atoms with Gasteiger partial charge in [-0.05, 0) is 52.0 Å². The van der Waals surface area contributed by atoms with Gasteiger partial charge >= 0.3 is 5.97 Å². The molecule has 4 nitrogen and oxygen atoms in total. The molecule has 0 fully saturated rings. The summed E-state index contributed by atoms with van der Waals surface area (Å²) in [5, 5.41) is 10.2. The number of carboxylic acids is 1. The van der Waals surface area contributed by atoms with E-state index in [1.165, 1.54) is 30.1 Å². The molecule has 0 aromatic carbocycles. The second-order valence-corrected chi connectivity index (χ2v) is 4.94. The molecule has 0 radical (unpaired) electrons. The topological polar surface area (TPSA) is 63.1 Å². The van der Waals surface area contributed by atoms with E-state index in [9.17, 15) is 4.79 Å². The van der Waals surface area contributed by atoms with Crippen molar-refractivity contribution in [3.63, 3.8) is 0 Å². The molecule has 0 bridgehead atoms. The van der Waals surface area contributed by atoms with Crippen molar-refractivity contribution in [2.45, 2.75) is 10.1 Å². The fraction of sp³-hybridized carbons (Fsp3) is 0. The second-order valence-electron chi connectivity index (χ2n) is 3.08. The summed E-state index contributed by atoms with van der Waals surface area (Å²) >= 11 is 4.69. The first-order valence-electron chi connectivity index (χ1n) is 4.64. The van der Waals surface area contributed by atoms with Crippen molar-refractivity contribution in [1.82, 2.24) is 9.97 Å². The summed E-state index contributed by atoms with van der Waals surface area (Å²) in [6.45, 7) is 0. The summed E-state index contributed by atoms with van der Waals surface area (Å²) in [4.78, 5) is 19.1. The minimum atomic E-state index is -0.964.